The summed E-state index contributed by atoms with van der Waals surface area (Å²) >= 11 is 4.81. The summed E-state index contributed by atoms with van der Waals surface area (Å²) in [5, 5.41) is 13.6. The van der Waals surface area contributed by atoms with Crippen LogP contribution in [0.4, 0.5) is 0 Å². The first-order valence-corrected chi connectivity index (χ1v) is 7.32. The fraction of sp³-hybridized carbons (Fsp3) is 0.308. The van der Waals surface area contributed by atoms with Crippen molar-refractivity contribution in [3.63, 3.8) is 0 Å². The Bertz CT molecular complexity index is 598. The van der Waals surface area contributed by atoms with Gasteiger partial charge in [0.1, 0.15) is 21.0 Å². The number of hydrogen-bond acceptors (Lipinski definition) is 4. The molecule has 1 atom stereocenters. The van der Waals surface area contributed by atoms with Gasteiger partial charge in [-0.25, -0.2) is 4.98 Å². The quantitative estimate of drug-likeness (QED) is 0.922. The predicted molar refractivity (Wildman–Crippen MR) is 74.1 cm³/mol. The molecule has 0 spiro atoms. The van der Waals surface area contributed by atoms with Crippen molar-refractivity contribution < 1.29 is 9.84 Å². The normalized spacial score (nSPS) is 21.9. The Morgan fingerprint density at radius 1 is 1.50 bits per heavy atom. The number of thiazole rings is 1. The zero-order chi connectivity index (χ0) is 12.8. The molecule has 5 heteroatoms. The molecule has 1 N–H and O–H groups in total. The van der Waals surface area contributed by atoms with Crippen LogP contribution < -0.4 is 4.74 Å². The van der Waals surface area contributed by atoms with E-state index in [4.69, 9.17) is 4.74 Å². The van der Waals surface area contributed by atoms with Crippen LogP contribution in [0, 0.1) is 0 Å². The zero-order valence-corrected chi connectivity index (χ0v) is 12.2. The number of methoxy groups -OCH3 is 1. The standard InChI is InChI=1S/C13H12BrNO2S/c1-17-9-3-2-8-4-5-13(16,10(8)6-9)12-15-11(14)7-18-12/h2-3,6-7,16H,4-5H2,1H3. The second kappa shape index (κ2) is 4.33. The maximum Gasteiger partial charge on any atom is 0.142 e. The molecule has 3 rings (SSSR count). The van der Waals surface area contributed by atoms with Crippen molar-refractivity contribution in [1.82, 2.24) is 4.98 Å². The predicted octanol–water partition coefficient (Wildman–Crippen LogP) is 3.10. The third-order valence-electron chi connectivity index (χ3n) is 3.35. The second-order valence-electron chi connectivity index (χ2n) is 4.36. The van der Waals surface area contributed by atoms with Crippen LogP contribution in [-0.4, -0.2) is 17.2 Å². The van der Waals surface area contributed by atoms with Gasteiger partial charge in [0.25, 0.3) is 0 Å². The van der Waals surface area contributed by atoms with Gasteiger partial charge in [0.2, 0.25) is 0 Å². The molecule has 1 aliphatic rings. The zero-order valence-electron chi connectivity index (χ0n) is 9.81. The van der Waals surface area contributed by atoms with E-state index in [1.165, 1.54) is 16.9 Å². The highest BCUT2D eigenvalue weighted by atomic mass is 79.9. The highest BCUT2D eigenvalue weighted by molar-refractivity contribution is 9.10. The average Bonchev–Trinajstić information content (AvgIpc) is 2.95. The lowest BCUT2D eigenvalue weighted by molar-refractivity contribution is 0.0823. The fourth-order valence-corrected chi connectivity index (χ4v) is 3.80. The number of ether oxygens (including phenoxy) is 1. The van der Waals surface area contributed by atoms with Crippen LogP contribution in [0.2, 0.25) is 0 Å². The Morgan fingerprint density at radius 2 is 2.33 bits per heavy atom. The van der Waals surface area contributed by atoms with E-state index in [0.29, 0.717) is 6.42 Å². The molecule has 1 aliphatic carbocycles. The van der Waals surface area contributed by atoms with Gasteiger partial charge in [0.15, 0.2) is 0 Å². The lowest BCUT2D eigenvalue weighted by Crippen LogP contribution is -2.23. The SMILES string of the molecule is COc1ccc2c(c1)C(O)(c1nc(Br)cs1)CC2. The number of halogens is 1. The molecule has 18 heavy (non-hydrogen) atoms. The van der Waals surface area contributed by atoms with Crippen LogP contribution >= 0.6 is 27.3 Å². The molecular formula is C13H12BrNO2S. The van der Waals surface area contributed by atoms with Crippen LogP contribution in [0.5, 0.6) is 5.75 Å². The molecule has 0 bridgehead atoms. The average molecular weight is 326 g/mol. The van der Waals surface area contributed by atoms with Gasteiger partial charge in [0.05, 0.1) is 7.11 Å². The summed E-state index contributed by atoms with van der Waals surface area (Å²) in [4.78, 5) is 4.36. The van der Waals surface area contributed by atoms with Gasteiger partial charge < -0.3 is 9.84 Å². The van der Waals surface area contributed by atoms with Gasteiger partial charge in [0, 0.05) is 5.38 Å². The topological polar surface area (TPSA) is 42.4 Å². The number of fused-ring (bicyclic) bond motifs is 1. The number of aryl methyl sites for hydroxylation is 1. The van der Waals surface area contributed by atoms with Crippen molar-refractivity contribution in [2.24, 2.45) is 0 Å². The Labute approximate surface area is 118 Å². The van der Waals surface area contributed by atoms with Gasteiger partial charge in [-0.15, -0.1) is 11.3 Å². The first-order valence-electron chi connectivity index (χ1n) is 5.65. The van der Waals surface area contributed by atoms with Gasteiger partial charge in [-0.1, -0.05) is 6.07 Å². The van der Waals surface area contributed by atoms with Crippen molar-refractivity contribution in [3.05, 3.63) is 44.3 Å². The first-order chi connectivity index (χ1) is 8.63. The highest BCUT2D eigenvalue weighted by Gasteiger charge is 2.41. The van der Waals surface area contributed by atoms with Gasteiger partial charge in [-0.3, -0.25) is 0 Å². The summed E-state index contributed by atoms with van der Waals surface area (Å²) in [6.45, 7) is 0. The second-order valence-corrected chi connectivity index (χ2v) is 6.03. The molecule has 3 nitrogen and oxygen atoms in total. The number of rotatable bonds is 2. The van der Waals surface area contributed by atoms with Crippen molar-refractivity contribution in [3.8, 4) is 5.75 Å². The third-order valence-corrected chi connectivity index (χ3v) is 5.05. The molecular weight excluding hydrogens is 314 g/mol. The minimum atomic E-state index is -0.972. The lowest BCUT2D eigenvalue weighted by Gasteiger charge is -2.21. The molecule has 0 radical (unpaired) electrons. The Balaban J connectivity index is 2.12. The van der Waals surface area contributed by atoms with Gasteiger partial charge in [-0.05, 0) is 52.0 Å². The number of hydrogen-bond donors (Lipinski definition) is 1. The van der Waals surface area contributed by atoms with E-state index in [-0.39, 0.29) is 0 Å². The summed E-state index contributed by atoms with van der Waals surface area (Å²) in [5.41, 5.74) is 1.12. The summed E-state index contributed by atoms with van der Waals surface area (Å²) in [6, 6.07) is 5.87. The Hall–Kier alpha value is -0.910. The van der Waals surface area contributed by atoms with Crippen molar-refractivity contribution in [2.45, 2.75) is 18.4 Å². The summed E-state index contributed by atoms with van der Waals surface area (Å²) in [5.74, 6) is 0.768. The highest BCUT2D eigenvalue weighted by Crippen LogP contribution is 2.44. The minimum Gasteiger partial charge on any atom is -0.497 e. The molecule has 0 amide bonds. The molecule has 1 aromatic carbocycles. The van der Waals surface area contributed by atoms with Crippen molar-refractivity contribution in [1.29, 1.82) is 0 Å². The van der Waals surface area contributed by atoms with Crippen LogP contribution in [0.3, 0.4) is 0 Å². The van der Waals surface area contributed by atoms with Crippen molar-refractivity contribution in [2.75, 3.05) is 7.11 Å². The molecule has 1 aromatic heterocycles. The van der Waals surface area contributed by atoms with E-state index in [1.54, 1.807) is 7.11 Å². The van der Waals surface area contributed by atoms with E-state index in [1.807, 2.05) is 23.6 Å². The lowest BCUT2D eigenvalue weighted by atomic mass is 9.96. The van der Waals surface area contributed by atoms with Crippen LogP contribution in [-0.2, 0) is 12.0 Å². The van der Waals surface area contributed by atoms with E-state index in [9.17, 15) is 5.11 Å². The maximum absolute atomic E-state index is 10.9. The minimum absolute atomic E-state index is 0.676. The third kappa shape index (κ3) is 1.77. The van der Waals surface area contributed by atoms with Gasteiger partial charge >= 0.3 is 0 Å². The fourth-order valence-electron chi connectivity index (χ4n) is 2.40. The summed E-state index contributed by atoms with van der Waals surface area (Å²) in [7, 11) is 1.63. The van der Waals surface area contributed by atoms with Crippen molar-refractivity contribution >= 4 is 27.3 Å². The van der Waals surface area contributed by atoms with E-state index < -0.39 is 5.60 Å². The van der Waals surface area contributed by atoms with E-state index >= 15 is 0 Å². The molecule has 1 heterocycles. The smallest absolute Gasteiger partial charge is 0.142 e. The summed E-state index contributed by atoms with van der Waals surface area (Å²) in [6.07, 6.45) is 1.54. The molecule has 2 aromatic rings. The number of nitrogens with zero attached hydrogens (tertiary/aromatic N) is 1. The van der Waals surface area contributed by atoms with Crippen LogP contribution in [0.15, 0.2) is 28.2 Å². The molecule has 0 saturated heterocycles. The number of aromatic nitrogens is 1. The molecule has 0 aliphatic heterocycles. The van der Waals surface area contributed by atoms with Crippen LogP contribution in [0.25, 0.3) is 0 Å². The number of aliphatic hydroxyl groups is 1. The molecule has 94 valence electrons. The Kier molecular flexibility index (Phi) is 2.92. The Morgan fingerprint density at radius 3 is 3.00 bits per heavy atom. The molecule has 1 unspecified atom stereocenters. The van der Waals surface area contributed by atoms with Crippen LogP contribution in [0.1, 0.15) is 22.6 Å². The molecule has 0 saturated carbocycles. The molecule has 0 fully saturated rings. The van der Waals surface area contributed by atoms with E-state index in [2.05, 4.69) is 20.9 Å². The monoisotopic (exact) mass is 325 g/mol. The largest absolute Gasteiger partial charge is 0.497 e. The van der Waals surface area contributed by atoms with E-state index in [0.717, 1.165) is 27.3 Å². The van der Waals surface area contributed by atoms with Gasteiger partial charge in [-0.2, -0.15) is 0 Å². The summed E-state index contributed by atoms with van der Waals surface area (Å²) < 4.78 is 6.01. The maximum atomic E-state index is 10.9. The number of benzene rings is 1. The first kappa shape index (κ1) is 12.1.